The predicted molar refractivity (Wildman–Crippen MR) is 102 cm³/mol. The van der Waals surface area contributed by atoms with Crippen molar-refractivity contribution in [3.05, 3.63) is 76.3 Å². The van der Waals surface area contributed by atoms with Gasteiger partial charge in [-0.15, -0.1) is 10.2 Å². The fraction of sp³-hybridized carbons (Fsp3) is 0.250. The minimum Gasteiger partial charge on any atom is -0.292 e. The summed E-state index contributed by atoms with van der Waals surface area (Å²) in [7, 11) is 1.74. The molecule has 132 valence electrons. The van der Waals surface area contributed by atoms with Gasteiger partial charge in [-0.25, -0.2) is 0 Å². The normalized spacial score (nSPS) is 11.7. The van der Waals surface area contributed by atoms with Gasteiger partial charge in [-0.05, 0) is 24.2 Å². The summed E-state index contributed by atoms with van der Waals surface area (Å²) in [5, 5.41) is 9.34. The minimum atomic E-state index is -0.0521. The Morgan fingerprint density at radius 2 is 1.69 bits per heavy atom. The zero-order chi connectivity index (χ0) is 18.1. The number of rotatable bonds is 5. The molecule has 0 saturated heterocycles. The van der Waals surface area contributed by atoms with E-state index in [0.29, 0.717) is 17.7 Å². The second-order valence-electron chi connectivity index (χ2n) is 6.42. The molecule has 0 radical (unpaired) electrons. The van der Waals surface area contributed by atoms with Gasteiger partial charge in [-0.3, -0.25) is 18.7 Å². The number of aryl methyl sites for hydroxylation is 1. The molecule has 0 N–H and O–H groups in total. The van der Waals surface area contributed by atoms with Crippen molar-refractivity contribution in [3.63, 3.8) is 0 Å². The number of benzene rings is 2. The largest absolute Gasteiger partial charge is 0.292 e. The van der Waals surface area contributed by atoms with Gasteiger partial charge < -0.3 is 0 Å². The predicted octanol–water partition coefficient (Wildman–Crippen LogP) is 2.60. The fourth-order valence-corrected chi connectivity index (χ4v) is 3.32. The molecule has 2 aromatic heterocycles. The Labute approximate surface area is 151 Å². The highest BCUT2D eigenvalue weighted by Gasteiger charge is 2.16. The van der Waals surface area contributed by atoms with Crippen LogP contribution >= 0.6 is 0 Å². The molecular formula is C20H21N5O. The Kier molecular flexibility index (Phi) is 4.26. The summed E-state index contributed by atoms with van der Waals surface area (Å²) in [5.41, 5.74) is 2.06. The van der Waals surface area contributed by atoms with E-state index in [4.69, 9.17) is 0 Å². The summed E-state index contributed by atoms with van der Waals surface area (Å²) in [6.45, 7) is 4.54. The lowest BCUT2D eigenvalue weighted by Crippen LogP contribution is -2.25. The number of fused-ring (bicyclic) bond motifs is 3. The second kappa shape index (κ2) is 6.72. The molecule has 0 aliphatic rings. The first-order chi connectivity index (χ1) is 12.7. The highest BCUT2D eigenvalue weighted by molar-refractivity contribution is 5.80. The van der Waals surface area contributed by atoms with Gasteiger partial charge in [0.1, 0.15) is 0 Å². The molecule has 4 rings (SSSR count). The Hall–Kier alpha value is -2.99. The van der Waals surface area contributed by atoms with Crippen molar-refractivity contribution in [1.82, 2.24) is 24.1 Å². The Morgan fingerprint density at radius 3 is 2.46 bits per heavy atom. The van der Waals surface area contributed by atoms with Crippen LogP contribution < -0.4 is 5.56 Å². The average molecular weight is 347 g/mol. The van der Waals surface area contributed by atoms with E-state index in [1.807, 2.05) is 34.7 Å². The molecule has 0 aliphatic heterocycles. The van der Waals surface area contributed by atoms with Crippen molar-refractivity contribution in [2.45, 2.75) is 20.0 Å². The molecule has 2 heterocycles. The third-order valence-electron chi connectivity index (χ3n) is 4.75. The van der Waals surface area contributed by atoms with Crippen LogP contribution in [0.4, 0.5) is 0 Å². The van der Waals surface area contributed by atoms with E-state index in [2.05, 4.69) is 46.3 Å². The molecule has 0 saturated carbocycles. The van der Waals surface area contributed by atoms with Crippen LogP contribution in [0.3, 0.4) is 0 Å². The standard InChI is InChI=1S/C20H21N5O/c1-3-24(13-15-9-5-4-6-10-15)14-18-21-22-20-23(2)19(26)16-11-7-8-12-17(16)25(18)20/h4-12H,3,13-14H2,1-2H3. The number of hydrogen-bond acceptors (Lipinski definition) is 4. The zero-order valence-corrected chi connectivity index (χ0v) is 15.0. The van der Waals surface area contributed by atoms with Crippen LogP contribution in [0.1, 0.15) is 18.3 Å². The Morgan fingerprint density at radius 1 is 0.962 bits per heavy atom. The van der Waals surface area contributed by atoms with Crippen LogP contribution in [0.5, 0.6) is 0 Å². The second-order valence-corrected chi connectivity index (χ2v) is 6.42. The van der Waals surface area contributed by atoms with Crippen molar-refractivity contribution >= 4 is 16.7 Å². The van der Waals surface area contributed by atoms with E-state index in [0.717, 1.165) is 24.4 Å². The van der Waals surface area contributed by atoms with Gasteiger partial charge in [0.2, 0.25) is 5.78 Å². The minimum absolute atomic E-state index is 0.0521. The molecule has 0 atom stereocenters. The quantitative estimate of drug-likeness (QED) is 0.557. The number of aromatic nitrogens is 4. The molecule has 0 spiro atoms. The number of hydrogen-bond donors (Lipinski definition) is 0. The molecule has 0 bridgehead atoms. The molecule has 4 aromatic rings. The number of para-hydroxylation sites is 1. The maximum absolute atomic E-state index is 12.5. The lowest BCUT2D eigenvalue weighted by molar-refractivity contribution is 0.264. The molecule has 26 heavy (non-hydrogen) atoms. The lowest BCUT2D eigenvalue weighted by atomic mass is 10.2. The SMILES string of the molecule is CCN(Cc1ccccc1)Cc1nnc2n(C)c(=O)c3ccccc3n12. The molecule has 0 fully saturated rings. The molecule has 0 unspecified atom stereocenters. The van der Waals surface area contributed by atoms with Crippen LogP contribution in [0.2, 0.25) is 0 Å². The van der Waals surface area contributed by atoms with Crippen molar-refractivity contribution in [2.24, 2.45) is 7.05 Å². The van der Waals surface area contributed by atoms with E-state index in [9.17, 15) is 4.79 Å². The average Bonchev–Trinajstić information content (AvgIpc) is 3.10. The molecule has 0 amide bonds. The summed E-state index contributed by atoms with van der Waals surface area (Å²) < 4.78 is 3.55. The van der Waals surface area contributed by atoms with Crippen molar-refractivity contribution in [2.75, 3.05) is 6.54 Å². The van der Waals surface area contributed by atoms with E-state index >= 15 is 0 Å². The van der Waals surface area contributed by atoms with Crippen LogP contribution in [0, 0.1) is 0 Å². The first-order valence-electron chi connectivity index (χ1n) is 8.77. The third-order valence-corrected chi connectivity index (χ3v) is 4.75. The van der Waals surface area contributed by atoms with Crippen molar-refractivity contribution < 1.29 is 0 Å². The van der Waals surface area contributed by atoms with E-state index in [-0.39, 0.29) is 5.56 Å². The topological polar surface area (TPSA) is 55.4 Å². The van der Waals surface area contributed by atoms with Crippen LogP contribution in [0.25, 0.3) is 16.7 Å². The summed E-state index contributed by atoms with van der Waals surface area (Å²) in [4.78, 5) is 14.9. The Balaban J connectivity index is 1.78. The van der Waals surface area contributed by atoms with E-state index < -0.39 is 0 Å². The zero-order valence-electron chi connectivity index (χ0n) is 15.0. The first kappa shape index (κ1) is 16.5. The summed E-state index contributed by atoms with van der Waals surface area (Å²) in [5.74, 6) is 1.41. The molecule has 6 heteroatoms. The highest BCUT2D eigenvalue weighted by atomic mass is 16.1. The van der Waals surface area contributed by atoms with Gasteiger partial charge in [0.25, 0.3) is 5.56 Å². The monoisotopic (exact) mass is 347 g/mol. The van der Waals surface area contributed by atoms with E-state index in [1.54, 1.807) is 11.6 Å². The Bertz CT molecular complexity index is 1110. The molecule has 2 aromatic carbocycles. The lowest BCUT2D eigenvalue weighted by Gasteiger charge is -2.19. The van der Waals surface area contributed by atoms with Gasteiger partial charge in [-0.2, -0.15) is 0 Å². The van der Waals surface area contributed by atoms with Gasteiger partial charge in [0.05, 0.1) is 17.4 Å². The maximum Gasteiger partial charge on any atom is 0.262 e. The summed E-state index contributed by atoms with van der Waals surface area (Å²) in [6.07, 6.45) is 0. The molecular weight excluding hydrogens is 326 g/mol. The summed E-state index contributed by atoms with van der Waals surface area (Å²) >= 11 is 0. The highest BCUT2D eigenvalue weighted by Crippen LogP contribution is 2.16. The van der Waals surface area contributed by atoms with Crippen LogP contribution in [-0.2, 0) is 20.1 Å². The van der Waals surface area contributed by atoms with Crippen LogP contribution in [0.15, 0.2) is 59.4 Å². The molecule has 6 nitrogen and oxygen atoms in total. The van der Waals surface area contributed by atoms with Gasteiger partial charge >= 0.3 is 0 Å². The van der Waals surface area contributed by atoms with Crippen molar-refractivity contribution in [3.8, 4) is 0 Å². The third kappa shape index (κ3) is 2.78. The summed E-state index contributed by atoms with van der Waals surface area (Å²) in [6, 6.07) is 18.0. The fourth-order valence-electron chi connectivity index (χ4n) is 3.32. The smallest absolute Gasteiger partial charge is 0.262 e. The maximum atomic E-state index is 12.5. The van der Waals surface area contributed by atoms with Crippen molar-refractivity contribution in [1.29, 1.82) is 0 Å². The molecule has 0 aliphatic carbocycles. The van der Waals surface area contributed by atoms with Crippen LogP contribution in [-0.4, -0.2) is 30.6 Å². The van der Waals surface area contributed by atoms with Gasteiger partial charge in [-0.1, -0.05) is 49.4 Å². The number of nitrogens with zero attached hydrogens (tertiary/aromatic N) is 5. The van der Waals surface area contributed by atoms with Gasteiger partial charge in [0, 0.05) is 13.6 Å². The van der Waals surface area contributed by atoms with E-state index in [1.165, 1.54) is 5.56 Å². The first-order valence-corrected chi connectivity index (χ1v) is 8.77. The van der Waals surface area contributed by atoms with Gasteiger partial charge in [0.15, 0.2) is 5.82 Å².